The number of anilines is 1. The first-order valence-corrected chi connectivity index (χ1v) is 7.23. The van der Waals surface area contributed by atoms with Gasteiger partial charge in [0.05, 0.1) is 26.8 Å². The first kappa shape index (κ1) is 14.2. The highest BCUT2D eigenvalue weighted by molar-refractivity contribution is 6.42. The molecule has 0 atom stereocenters. The minimum atomic E-state index is -0.155. The SMILES string of the molecule is CC(C)(C)c1nn(-c2ccc(Cl)c(Cl)c2)c2n[nH]c(N)c12. The van der Waals surface area contributed by atoms with E-state index in [9.17, 15) is 0 Å². The third-order valence-electron chi connectivity index (χ3n) is 3.27. The number of halogens is 2. The van der Waals surface area contributed by atoms with E-state index in [1.807, 2.05) is 6.07 Å². The summed E-state index contributed by atoms with van der Waals surface area (Å²) in [6.07, 6.45) is 0. The van der Waals surface area contributed by atoms with Crippen molar-refractivity contribution < 1.29 is 0 Å². The van der Waals surface area contributed by atoms with Gasteiger partial charge in [0.1, 0.15) is 5.82 Å². The van der Waals surface area contributed by atoms with Gasteiger partial charge >= 0.3 is 0 Å². The number of nitrogen functional groups attached to an aromatic ring is 1. The Morgan fingerprint density at radius 2 is 1.90 bits per heavy atom. The van der Waals surface area contributed by atoms with Gasteiger partial charge in [0.25, 0.3) is 0 Å². The predicted octanol–water partition coefficient (Wildman–Crippen LogP) is 3.94. The molecule has 0 aliphatic rings. The summed E-state index contributed by atoms with van der Waals surface area (Å²) in [5.74, 6) is 0.515. The first-order valence-electron chi connectivity index (χ1n) is 6.47. The Labute approximate surface area is 132 Å². The Balaban J connectivity index is 2.31. The van der Waals surface area contributed by atoms with Crippen LogP contribution in [0.3, 0.4) is 0 Å². The number of nitrogens with zero attached hydrogens (tertiary/aromatic N) is 3. The van der Waals surface area contributed by atoms with Gasteiger partial charge in [-0.3, -0.25) is 5.10 Å². The van der Waals surface area contributed by atoms with E-state index < -0.39 is 0 Å². The van der Waals surface area contributed by atoms with E-state index >= 15 is 0 Å². The van der Waals surface area contributed by atoms with E-state index in [0.29, 0.717) is 21.5 Å². The Bertz CT molecular complexity index is 826. The molecule has 0 spiro atoms. The molecule has 0 saturated carbocycles. The van der Waals surface area contributed by atoms with Crippen LogP contribution in [0.5, 0.6) is 0 Å². The van der Waals surface area contributed by atoms with E-state index in [2.05, 4.69) is 36.1 Å². The molecule has 110 valence electrons. The molecule has 0 saturated heterocycles. The summed E-state index contributed by atoms with van der Waals surface area (Å²) in [6, 6.07) is 5.34. The summed E-state index contributed by atoms with van der Waals surface area (Å²) in [5, 5.41) is 13.6. The zero-order valence-electron chi connectivity index (χ0n) is 11.9. The average molecular weight is 324 g/mol. The van der Waals surface area contributed by atoms with Crippen LogP contribution in [0.25, 0.3) is 16.7 Å². The van der Waals surface area contributed by atoms with Gasteiger partial charge < -0.3 is 5.73 Å². The second-order valence-electron chi connectivity index (χ2n) is 5.94. The number of aromatic nitrogens is 4. The molecular weight excluding hydrogens is 309 g/mol. The van der Waals surface area contributed by atoms with Crippen molar-refractivity contribution >= 4 is 40.1 Å². The highest BCUT2D eigenvalue weighted by Gasteiger charge is 2.26. The van der Waals surface area contributed by atoms with Crippen LogP contribution in [-0.2, 0) is 5.41 Å². The topological polar surface area (TPSA) is 72.5 Å². The van der Waals surface area contributed by atoms with Gasteiger partial charge in [-0.05, 0) is 18.2 Å². The Kier molecular flexibility index (Phi) is 3.15. The number of hydrogen-bond acceptors (Lipinski definition) is 3. The number of fused-ring (bicyclic) bond motifs is 1. The van der Waals surface area contributed by atoms with Crippen LogP contribution in [0.1, 0.15) is 26.5 Å². The van der Waals surface area contributed by atoms with Crippen LogP contribution < -0.4 is 5.73 Å². The Morgan fingerprint density at radius 1 is 1.19 bits per heavy atom. The summed E-state index contributed by atoms with van der Waals surface area (Å²) in [6.45, 7) is 6.25. The zero-order chi connectivity index (χ0) is 15.4. The van der Waals surface area contributed by atoms with E-state index in [1.54, 1.807) is 16.8 Å². The Morgan fingerprint density at radius 3 is 2.52 bits per heavy atom. The number of hydrogen-bond donors (Lipinski definition) is 2. The summed E-state index contributed by atoms with van der Waals surface area (Å²) < 4.78 is 1.73. The summed E-state index contributed by atoms with van der Waals surface area (Å²) in [7, 11) is 0. The highest BCUT2D eigenvalue weighted by atomic mass is 35.5. The molecule has 0 bridgehead atoms. The molecule has 21 heavy (non-hydrogen) atoms. The van der Waals surface area contributed by atoms with Crippen LogP contribution in [0.15, 0.2) is 18.2 Å². The molecule has 0 aliphatic heterocycles. The second kappa shape index (κ2) is 4.64. The van der Waals surface area contributed by atoms with Crippen molar-refractivity contribution in [2.24, 2.45) is 0 Å². The predicted molar refractivity (Wildman–Crippen MR) is 86.3 cm³/mol. The minimum Gasteiger partial charge on any atom is -0.383 e. The number of benzene rings is 1. The maximum Gasteiger partial charge on any atom is 0.186 e. The van der Waals surface area contributed by atoms with Gasteiger partial charge in [-0.15, -0.1) is 0 Å². The summed E-state index contributed by atoms with van der Waals surface area (Å²) in [4.78, 5) is 0. The summed E-state index contributed by atoms with van der Waals surface area (Å²) in [5.41, 5.74) is 8.19. The highest BCUT2D eigenvalue weighted by Crippen LogP contribution is 2.33. The van der Waals surface area contributed by atoms with Gasteiger partial charge in [0.2, 0.25) is 0 Å². The zero-order valence-corrected chi connectivity index (χ0v) is 13.4. The molecule has 0 fully saturated rings. The smallest absolute Gasteiger partial charge is 0.186 e. The first-order chi connectivity index (χ1) is 9.79. The van der Waals surface area contributed by atoms with Crippen molar-refractivity contribution in [2.45, 2.75) is 26.2 Å². The fourth-order valence-corrected chi connectivity index (χ4v) is 2.54. The largest absolute Gasteiger partial charge is 0.383 e. The minimum absolute atomic E-state index is 0.155. The van der Waals surface area contributed by atoms with Gasteiger partial charge in [-0.25, -0.2) is 4.68 Å². The molecule has 0 amide bonds. The number of nitrogens with two attached hydrogens (primary N) is 1. The van der Waals surface area contributed by atoms with Crippen LogP contribution in [0, 0.1) is 0 Å². The third kappa shape index (κ3) is 2.26. The molecule has 2 aromatic heterocycles. The fraction of sp³-hybridized carbons (Fsp3) is 0.286. The van der Waals surface area contributed by atoms with Crippen molar-refractivity contribution in [1.29, 1.82) is 0 Å². The van der Waals surface area contributed by atoms with E-state index in [1.165, 1.54) is 0 Å². The molecule has 0 unspecified atom stereocenters. The third-order valence-corrected chi connectivity index (χ3v) is 4.01. The van der Waals surface area contributed by atoms with Crippen molar-refractivity contribution in [2.75, 3.05) is 5.73 Å². The van der Waals surface area contributed by atoms with E-state index in [-0.39, 0.29) is 5.41 Å². The number of nitrogens with one attached hydrogen (secondary N) is 1. The van der Waals surface area contributed by atoms with Crippen molar-refractivity contribution in [1.82, 2.24) is 20.0 Å². The number of rotatable bonds is 1. The summed E-state index contributed by atoms with van der Waals surface area (Å²) >= 11 is 12.1. The average Bonchev–Trinajstić information content (AvgIpc) is 2.94. The van der Waals surface area contributed by atoms with E-state index in [4.69, 9.17) is 28.9 Å². The molecule has 2 heterocycles. The number of aromatic amines is 1. The van der Waals surface area contributed by atoms with Crippen LogP contribution in [0.2, 0.25) is 10.0 Å². The Hall–Kier alpha value is -1.72. The van der Waals surface area contributed by atoms with Crippen LogP contribution >= 0.6 is 23.2 Å². The van der Waals surface area contributed by atoms with Gasteiger partial charge in [0.15, 0.2) is 5.65 Å². The lowest BCUT2D eigenvalue weighted by Crippen LogP contribution is -2.13. The molecule has 3 N–H and O–H groups in total. The standard InChI is InChI=1S/C14H15Cl2N5/c1-14(2,3)11-10-12(17)18-19-13(10)21(20-11)7-4-5-8(15)9(16)6-7/h4-6H,1-3H3,(H3,17,18,19). The van der Waals surface area contributed by atoms with Crippen molar-refractivity contribution in [3.05, 3.63) is 33.9 Å². The van der Waals surface area contributed by atoms with E-state index in [0.717, 1.165) is 16.8 Å². The van der Waals surface area contributed by atoms with Crippen molar-refractivity contribution in [3.8, 4) is 5.69 Å². The molecule has 7 heteroatoms. The lowest BCUT2D eigenvalue weighted by molar-refractivity contribution is 0.564. The molecule has 3 aromatic rings. The molecule has 0 aliphatic carbocycles. The molecule has 1 aromatic carbocycles. The lowest BCUT2D eigenvalue weighted by atomic mass is 9.91. The quantitative estimate of drug-likeness (QED) is 0.712. The molecule has 3 rings (SSSR count). The van der Waals surface area contributed by atoms with Crippen LogP contribution in [-0.4, -0.2) is 20.0 Å². The fourth-order valence-electron chi connectivity index (χ4n) is 2.25. The van der Waals surface area contributed by atoms with Gasteiger partial charge in [-0.1, -0.05) is 44.0 Å². The molecular formula is C14H15Cl2N5. The maximum absolute atomic E-state index is 6.09. The van der Waals surface area contributed by atoms with Crippen LogP contribution in [0.4, 0.5) is 5.82 Å². The molecule has 5 nitrogen and oxygen atoms in total. The second-order valence-corrected chi connectivity index (χ2v) is 6.76. The maximum atomic E-state index is 6.09. The number of H-pyrrole nitrogens is 1. The van der Waals surface area contributed by atoms with Gasteiger partial charge in [0, 0.05) is 5.41 Å². The lowest BCUT2D eigenvalue weighted by Gasteiger charge is -2.15. The molecule has 0 radical (unpaired) electrons. The van der Waals surface area contributed by atoms with Crippen molar-refractivity contribution in [3.63, 3.8) is 0 Å². The monoisotopic (exact) mass is 323 g/mol. The normalized spacial score (nSPS) is 12.2. The van der Waals surface area contributed by atoms with Gasteiger partial charge in [-0.2, -0.15) is 10.2 Å².